The maximum absolute atomic E-state index is 13.3. The molecular formula is C12H16BrFO2. The van der Waals surface area contributed by atoms with Crippen LogP contribution in [0.25, 0.3) is 0 Å². The standard InChI is InChI=1S/C12H16BrFO2/c1-7(2)4-11(15)8-5-9(13)10(14)6-12(8)16-3/h5-7,11,15H,4H2,1-3H3. The molecule has 1 N–H and O–H groups in total. The van der Waals surface area contributed by atoms with E-state index < -0.39 is 11.9 Å². The quantitative estimate of drug-likeness (QED) is 0.917. The van der Waals surface area contributed by atoms with Crippen molar-refractivity contribution in [3.05, 3.63) is 28.0 Å². The summed E-state index contributed by atoms with van der Waals surface area (Å²) in [6, 6.07) is 2.85. The number of aliphatic hydroxyl groups excluding tert-OH is 1. The molecule has 16 heavy (non-hydrogen) atoms. The SMILES string of the molecule is COc1cc(F)c(Br)cc1C(O)CC(C)C. The van der Waals surface area contributed by atoms with Crippen LogP contribution in [0.15, 0.2) is 16.6 Å². The molecule has 90 valence electrons. The lowest BCUT2D eigenvalue weighted by Crippen LogP contribution is -2.04. The maximum Gasteiger partial charge on any atom is 0.141 e. The molecule has 0 radical (unpaired) electrons. The van der Waals surface area contributed by atoms with E-state index in [1.165, 1.54) is 13.2 Å². The lowest BCUT2D eigenvalue weighted by Gasteiger charge is -2.17. The lowest BCUT2D eigenvalue weighted by atomic mass is 9.99. The Morgan fingerprint density at radius 1 is 1.44 bits per heavy atom. The van der Waals surface area contributed by atoms with E-state index in [1.807, 2.05) is 13.8 Å². The van der Waals surface area contributed by atoms with Gasteiger partial charge in [0.25, 0.3) is 0 Å². The largest absolute Gasteiger partial charge is 0.496 e. The van der Waals surface area contributed by atoms with E-state index in [-0.39, 0.29) is 0 Å². The van der Waals surface area contributed by atoms with Crippen LogP contribution >= 0.6 is 15.9 Å². The average Bonchev–Trinajstić information content (AvgIpc) is 2.20. The first-order chi connectivity index (χ1) is 7.45. The first-order valence-electron chi connectivity index (χ1n) is 5.16. The van der Waals surface area contributed by atoms with Crippen molar-refractivity contribution in [1.29, 1.82) is 0 Å². The maximum atomic E-state index is 13.3. The molecule has 4 heteroatoms. The summed E-state index contributed by atoms with van der Waals surface area (Å²) in [6.45, 7) is 4.04. The van der Waals surface area contributed by atoms with E-state index in [4.69, 9.17) is 4.74 Å². The van der Waals surface area contributed by atoms with Gasteiger partial charge in [-0.25, -0.2) is 4.39 Å². The van der Waals surface area contributed by atoms with Gasteiger partial charge in [0, 0.05) is 11.6 Å². The molecule has 0 aliphatic carbocycles. The van der Waals surface area contributed by atoms with Crippen molar-refractivity contribution in [3.8, 4) is 5.75 Å². The number of methoxy groups -OCH3 is 1. The third-order valence-corrected chi connectivity index (χ3v) is 2.93. The summed E-state index contributed by atoms with van der Waals surface area (Å²) in [5.74, 6) is 0.356. The van der Waals surface area contributed by atoms with Gasteiger partial charge in [-0.1, -0.05) is 13.8 Å². The molecule has 0 fully saturated rings. The smallest absolute Gasteiger partial charge is 0.141 e. The zero-order valence-corrected chi connectivity index (χ0v) is 11.2. The van der Waals surface area contributed by atoms with Crippen molar-refractivity contribution < 1.29 is 14.2 Å². The van der Waals surface area contributed by atoms with Gasteiger partial charge in [-0.05, 0) is 34.3 Å². The molecule has 0 bridgehead atoms. The lowest BCUT2D eigenvalue weighted by molar-refractivity contribution is 0.147. The predicted octanol–water partition coefficient (Wildman–Crippen LogP) is 3.68. The monoisotopic (exact) mass is 290 g/mol. The number of hydrogen-bond acceptors (Lipinski definition) is 2. The Labute approximate surface area is 104 Å². The second-order valence-corrected chi connectivity index (χ2v) is 5.01. The highest BCUT2D eigenvalue weighted by molar-refractivity contribution is 9.10. The van der Waals surface area contributed by atoms with Crippen LogP contribution in [0, 0.1) is 11.7 Å². The highest BCUT2D eigenvalue weighted by atomic mass is 79.9. The summed E-state index contributed by atoms with van der Waals surface area (Å²) in [6.07, 6.45) is -0.0131. The van der Waals surface area contributed by atoms with E-state index in [1.54, 1.807) is 6.07 Å². The van der Waals surface area contributed by atoms with Gasteiger partial charge in [-0.2, -0.15) is 0 Å². The molecule has 0 saturated heterocycles. The molecule has 1 atom stereocenters. The molecule has 0 spiro atoms. The minimum atomic E-state index is -0.633. The Hall–Kier alpha value is -0.610. The van der Waals surface area contributed by atoms with E-state index in [9.17, 15) is 9.50 Å². The zero-order chi connectivity index (χ0) is 12.3. The topological polar surface area (TPSA) is 29.5 Å². The Morgan fingerprint density at radius 3 is 2.56 bits per heavy atom. The van der Waals surface area contributed by atoms with Gasteiger partial charge < -0.3 is 9.84 Å². The molecule has 0 aliphatic rings. The molecule has 1 unspecified atom stereocenters. The first kappa shape index (κ1) is 13.5. The van der Waals surface area contributed by atoms with Gasteiger partial charge in [0.1, 0.15) is 11.6 Å². The molecule has 0 saturated carbocycles. The predicted molar refractivity (Wildman–Crippen MR) is 65.1 cm³/mol. The summed E-state index contributed by atoms with van der Waals surface area (Å²) in [5, 5.41) is 9.99. The van der Waals surface area contributed by atoms with Gasteiger partial charge in [0.2, 0.25) is 0 Å². The van der Waals surface area contributed by atoms with Crippen LogP contribution in [0.5, 0.6) is 5.75 Å². The van der Waals surface area contributed by atoms with Crippen molar-refractivity contribution in [3.63, 3.8) is 0 Å². The van der Waals surface area contributed by atoms with E-state index in [2.05, 4.69) is 15.9 Å². The van der Waals surface area contributed by atoms with Crippen LogP contribution < -0.4 is 4.74 Å². The number of hydrogen-bond donors (Lipinski definition) is 1. The Balaban J connectivity index is 3.06. The molecule has 2 nitrogen and oxygen atoms in total. The number of ether oxygens (including phenoxy) is 1. The van der Waals surface area contributed by atoms with Crippen molar-refractivity contribution >= 4 is 15.9 Å². The molecular weight excluding hydrogens is 275 g/mol. The van der Waals surface area contributed by atoms with E-state index in [0.717, 1.165) is 0 Å². The third kappa shape index (κ3) is 3.19. The van der Waals surface area contributed by atoms with Crippen LogP contribution in [0.1, 0.15) is 31.9 Å². The van der Waals surface area contributed by atoms with Gasteiger partial charge in [0.05, 0.1) is 17.7 Å². The minimum Gasteiger partial charge on any atom is -0.496 e. The number of halogens is 2. The second kappa shape index (κ2) is 5.64. The highest BCUT2D eigenvalue weighted by Gasteiger charge is 2.17. The minimum absolute atomic E-state index is 0.339. The highest BCUT2D eigenvalue weighted by Crippen LogP contribution is 2.33. The summed E-state index contributed by atoms with van der Waals surface area (Å²) in [7, 11) is 1.47. The van der Waals surface area contributed by atoms with Crippen LogP contribution in [0.4, 0.5) is 4.39 Å². The fraction of sp³-hybridized carbons (Fsp3) is 0.500. The van der Waals surface area contributed by atoms with Gasteiger partial charge in [-0.15, -0.1) is 0 Å². The van der Waals surface area contributed by atoms with E-state index in [0.29, 0.717) is 28.1 Å². The Morgan fingerprint density at radius 2 is 2.06 bits per heavy atom. The fourth-order valence-electron chi connectivity index (χ4n) is 1.55. The number of benzene rings is 1. The normalized spacial score (nSPS) is 12.9. The van der Waals surface area contributed by atoms with Crippen molar-refractivity contribution in [2.75, 3.05) is 7.11 Å². The van der Waals surface area contributed by atoms with Gasteiger partial charge in [0.15, 0.2) is 0 Å². The molecule has 1 aromatic rings. The average molecular weight is 291 g/mol. The van der Waals surface area contributed by atoms with Crippen LogP contribution in [0.3, 0.4) is 0 Å². The molecule has 1 rings (SSSR count). The van der Waals surface area contributed by atoms with Crippen LogP contribution in [-0.2, 0) is 0 Å². The fourth-order valence-corrected chi connectivity index (χ4v) is 1.92. The summed E-state index contributed by atoms with van der Waals surface area (Å²) in [5.41, 5.74) is 0.615. The zero-order valence-electron chi connectivity index (χ0n) is 9.63. The van der Waals surface area contributed by atoms with Gasteiger partial charge >= 0.3 is 0 Å². The van der Waals surface area contributed by atoms with Crippen LogP contribution in [-0.4, -0.2) is 12.2 Å². The summed E-state index contributed by atoms with van der Waals surface area (Å²) in [4.78, 5) is 0. The first-order valence-corrected chi connectivity index (χ1v) is 5.96. The molecule has 0 amide bonds. The van der Waals surface area contributed by atoms with Crippen molar-refractivity contribution in [2.45, 2.75) is 26.4 Å². The van der Waals surface area contributed by atoms with Crippen LogP contribution in [0.2, 0.25) is 0 Å². The van der Waals surface area contributed by atoms with Crippen molar-refractivity contribution in [2.24, 2.45) is 5.92 Å². The molecule has 1 aromatic carbocycles. The Kier molecular flexibility index (Phi) is 4.74. The Bertz CT molecular complexity index is 366. The third-order valence-electron chi connectivity index (χ3n) is 2.33. The summed E-state index contributed by atoms with van der Waals surface area (Å²) < 4.78 is 18.7. The van der Waals surface area contributed by atoms with Crippen molar-refractivity contribution in [1.82, 2.24) is 0 Å². The van der Waals surface area contributed by atoms with Gasteiger partial charge in [-0.3, -0.25) is 0 Å². The molecule has 0 aromatic heterocycles. The van der Waals surface area contributed by atoms with E-state index >= 15 is 0 Å². The summed E-state index contributed by atoms with van der Waals surface area (Å²) >= 11 is 3.10. The number of aliphatic hydroxyl groups is 1. The second-order valence-electron chi connectivity index (χ2n) is 4.15. The molecule has 0 heterocycles. The molecule has 0 aliphatic heterocycles. The number of rotatable bonds is 4.